The Balaban J connectivity index is 1.73. The second kappa shape index (κ2) is 7.00. The van der Waals surface area contributed by atoms with Gasteiger partial charge in [-0.3, -0.25) is 14.4 Å². The van der Waals surface area contributed by atoms with E-state index < -0.39 is 5.41 Å². The highest BCUT2D eigenvalue weighted by Crippen LogP contribution is 2.40. The van der Waals surface area contributed by atoms with Crippen LogP contribution in [0.3, 0.4) is 0 Å². The van der Waals surface area contributed by atoms with E-state index in [2.05, 4.69) is 0 Å². The molecule has 1 aromatic heterocycles. The first-order chi connectivity index (χ1) is 12.0. The van der Waals surface area contributed by atoms with Gasteiger partial charge in [-0.2, -0.15) is 0 Å². The molecule has 0 saturated carbocycles. The maximum absolute atomic E-state index is 12.9. The van der Waals surface area contributed by atoms with Crippen LogP contribution in [0.2, 0.25) is 0 Å². The molecule has 3 rings (SSSR count). The number of hydrogen-bond acceptors (Lipinski definition) is 4. The van der Waals surface area contributed by atoms with Crippen LogP contribution in [0, 0.1) is 5.41 Å². The van der Waals surface area contributed by atoms with Gasteiger partial charge in [0.1, 0.15) is 0 Å². The van der Waals surface area contributed by atoms with Gasteiger partial charge in [0.25, 0.3) is 5.91 Å². The third-order valence-electron chi connectivity index (χ3n) is 5.36. The number of aromatic nitrogens is 1. The van der Waals surface area contributed by atoms with Crippen LogP contribution < -0.4 is 5.56 Å². The normalized spacial score (nSPS) is 23.5. The van der Waals surface area contributed by atoms with Gasteiger partial charge in [-0.1, -0.05) is 0 Å². The third kappa shape index (κ3) is 3.33. The Kier molecular flexibility index (Phi) is 4.94. The van der Waals surface area contributed by atoms with E-state index in [4.69, 9.17) is 4.74 Å². The van der Waals surface area contributed by atoms with Crippen LogP contribution in [-0.4, -0.2) is 66.1 Å². The fraction of sp³-hybridized carbons (Fsp3) is 0.611. The first-order valence-electron chi connectivity index (χ1n) is 8.71. The van der Waals surface area contributed by atoms with Gasteiger partial charge < -0.3 is 19.1 Å². The summed E-state index contributed by atoms with van der Waals surface area (Å²) in [5.74, 6) is 0.0286. The molecular formula is C18H25N3O4. The number of pyridine rings is 1. The molecule has 2 amide bonds. The molecule has 2 fully saturated rings. The second-order valence-electron chi connectivity index (χ2n) is 7.01. The Morgan fingerprint density at radius 3 is 2.76 bits per heavy atom. The molecule has 2 aliphatic rings. The van der Waals surface area contributed by atoms with Crippen LogP contribution in [0.15, 0.2) is 23.1 Å². The molecule has 136 valence electrons. The van der Waals surface area contributed by atoms with Crippen molar-refractivity contribution >= 4 is 11.8 Å². The average molecular weight is 347 g/mol. The molecule has 0 aliphatic carbocycles. The topological polar surface area (TPSA) is 71.8 Å². The molecule has 0 radical (unpaired) electrons. The first-order valence-corrected chi connectivity index (χ1v) is 8.71. The minimum Gasteiger partial charge on any atom is -0.383 e. The van der Waals surface area contributed by atoms with E-state index in [-0.39, 0.29) is 17.4 Å². The largest absolute Gasteiger partial charge is 0.383 e. The predicted octanol–water partition coefficient (Wildman–Crippen LogP) is 0.486. The lowest BCUT2D eigenvalue weighted by atomic mass is 9.78. The van der Waals surface area contributed by atoms with E-state index >= 15 is 0 Å². The van der Waals surface area contributed by atoms with Crippen LogP contribution in [-0.2, 0) is 16.6 Å². The minimum absolute atomic E-state index is 0.116. The molecule has 7 nitrogen and oxygen atoms in total. The van der Waals surface area contributed by atoms with Crippen molar-refractivity contribution in [1.82, 2.24) is 14.4 Å². The summed E-state index contributed by atoms with van der Waals surface area (Å²) >= 11 is 0. The number of nitrogens with zero attached hydrogens (tertiary/aromatic N) is 3. The zero-order valence-electron chi connectivity index (χ0n) is 14.9. The number of rotatable bonds is 4. The van der Waals surface area contributed by atoms with Crippen molar-refractivity contribution < 1.29 is 14.3 Å². The number of ether oxygens (including phenoxy) is 1. The SMILES string of the molecule is COCCN1CCC[C@@]2(CCN(C(=O)c3ccc(=O)n(C)c3)C2)C1=O. The number of carbonyl (C=O) groups is 2. The fourth-order valence-electron chi connectivity index (χ4n) is 3.89. The second-order valence-corrected chi connectivity index (χ2v) is 7.01. The number of likely N-dealkylation sites (tertiary alicyclic amines) is 2. The number of piperidine rings is 1. The van der Waals surface area contributed by atoms with E-state index in [0.717, 1.165) is 19.4 Å². The lowest BCUT2D eigenvalue weighted by Crippen LogP contribution is -2.51. The zero-order valence-corrected chi connectivity index (χ0v) is 14.9. The van der Waals surface area contributed by atoms with Crippen molar-refractivity contribution in [2.45, 2.75) is 19.3 Å². The van der Waals surface area contributed by atoms with Crippen LogP contribution in [0.25, 0.3) is 0 Å². The molecule has 7 heteroatoms. The number of amides is 2. The van der Waals surface area contributed by atoms with Crippen LogP contribution >= 0.6 is 0 Å². The molecule has 1 spiro atoms. The van der Waals surface area contributed by atoms with Crippen molar-refractivity contribution in [3.05, 3.63) is 34.2 Å². The van der Waals surface area contributed by atoms with E-state index in [0.29, 0.717) is 38.2 Å². The summed E-state index contributed by atoms with van der Waals surface area (Å²) in [5.41, 5.74) is -0.119. The van der Waals surface area contributed by atoms with E-state index in [1.165, 1.54) is 10.6 Å². The summed E-state index contributed by atoms with van der Waals surface area (Å²) in [7, 11) is 3.26. The predicted molar refractivity (Wildman–Crippen MR) is 92.3 cm³/mol. The molecule has 2 aliphatic heterocycles. The smallest absolute Gasteiger partial charge is 0.255 e. The molecule has 0 unspecified atom stereocenters. The minimum atomic E-state index is -0.456. The number of carbonyl (C=O) groups excluding carboxylic acids is 2. The molecule has 0 N–H and O–H groups in total. The highest BCUT2D eigenvalue weighted by Gasteiger charge is 2.49. The number of methoxy groups -OCH3 is 1. The van der Waals surface area contributed by atoms with E-state index in [9.17, 15) is 14.4 Å². The Morgan fingerprint density at radius 2 is 2.04 bits per heavy atom. The van der Waals surface area contributed by atoms with Crippen molar-refractivity contribution in [3.8, 4) is 0 Å². The summed E-state index contributed by atoms with van der Waals surface area (Å²) in [6.07, 6.45) is 4.04. The van der Waals surface area contributed by atoms with E-state index in [1.807, 2.05) is 4.90 Å². The van der Waals surface area contributed by atoms with Crippen LogP contribution in [0.5, 0.6) is 0 Å². The maximum Gasteiger partial charge on any atom is 0.255 e. The van der Waals surface area contributed by atoms with Gasteiger partial charge >= 0.3 is 0 Å². The summed E-state index contributed by atoms with van der Waals surface area (Å²) in [4.78, 5) is 40.8. The van der Waals surface area contributed by atoms with Gasteiger partial charge in [-0.05, 0) is 25.3 Å². The van der Waals surface area contributed by atoms with Gasteiger partial charge in [0, 0.05) is 52.6 Å². The van der Waals surface area contributed by atoms with Gasteiger partial charge in [0.05, 0.1) is 17.6 Å². The van der Waals surface area contributed by atoms with E-state index in [1.54, 1.807) is 31.3 Å². The van der Waals surface area contributed by atoms with Gasteiger partial charge in [-0.15, -0.1) is 0 Å². The highest BCUT2D eigenvalue weighted by atomic mass is 16.5. The summed E-state index contributed by atoms with van der Waals surface area (Å²) in [5, 5.41) is 0. The van der Waals surface area contributed by atoms with Gasteiger partial charge in [0.2, 0.25) is 11.5 Å². The third-order valence-corrected chi connectivity index (χ3v) is 5.36. The monoisotopic (exact) mass is 347 g/mol. The Bertz CT molecular complexity index is 729. The standard InChI is InChI=1S/C18H25N3O4/c1-19-12-14(4-5-15(19)22)16(23)21-9-7-18(13-21)6-3-8-20(17(18)24)10-11-25-2/h4-5,12H,3,6-11,13H2,1-2H3/t18-/m0/s1. The molecule has 2 saturated heterocycles. The van der Waals surface area contributed by atoms with Crippen molar-refractivity contribution in [1.29, 1.82) is 0 Å². The van der Waals surface area contributed by atoms with Crippen molar-refractivity contribution in [2.24, 2.45) is 12.5 Å². The Morgan fingerprint density at radius 1 is 1.24 bits per heavy atom. The summed E-state index contributed by atoms with van der Waals surface area (Å²) in [6.45, 7) is 2.93. The average Bonchev–Trinajstić information content (AvgIpc) is 3.03. The van der Waals surface area contributed by atoms with Crippen molar-refractivity contribution in [3.63, 3.8) is 0 Å². The quantitative estimate of drug-likeness (QED) is 0.795. The Labute approximate surface area is 147 Å². The molecule has 1 atom stereocenters. The molecule has 0 aromatic carbocycles. The molecule has 3 heterocycles. The Hall–Kier alpha value is -2.15. The van der Waals surface area contributed by atoms with Gasteiger partial charge in [0.15, 0.2) is 0 Å². The van der Waals surface area contributed by atoms with Crippen LogP contribution in [0.4, 0.5) is 0 Å². The zero-order chi connectivity index (χ0) is 18.0. The number of hydrogen-bond donors (Lipinski definition) is 0. The molecular weight excluding hydrogens is 322 g/mol. The molecule has 0 bridgehead atoms. The van der Waals surface area contributed by atoms with Crippen LogP contribution in [0.1, 0.15) is 29.6 Å². The highest BCUT2D eigenvalue weighted by molar-refractivity contribution is 5.95. The van der Waals surface area contributed by atoms with Crippen molar-refractivity contribution in [2.75, 3.05) is 39.9 Å². The molecule has 25 heavy (non-hydrogen) atoms. The summed E-state index contributed by atoms with van der Waals surface area (Å²) in [6, 6.07) is 2.96. The lowest BCUT2D eigenvalue weighted by molar-refractivity contribution is -0.146. The van der Waals surface area contributed by atoms with Gasteiger partial charge in [-0.25, -0.2) is 0 Å². The molecule has 1 aromatic rings. The first kappa shape index (κ1) is 17.7. The lowest BCUT2D eigenvalue weighted by Gasteiger charge is -2.39. The number of aryl methyl sites for hydroxylation is 1. The fourth-order valence-corrected chi connectivity index (χ4v) is 3.89. The summed E-state index contributed by atoms with van der Waals surface area (Å²) < 4.78 is 6.50. The maximum atomic E-state index is 12.9.